The number of hydrogen-bond acceptors (Lipinski definition) is 3. The fourth-order valence-electron chi connectivity index (χ4n) is 1.62. The van der Waals surface area contributed by atoms with Crippen LogP contribution in [-0.4, -0.2) is 20.8 Å². The third-order valence-electron chi connectivity index (χ3n) is 2.59. The van der Waals surface area contributed by atoms with E-state index in [1.807, 2.05) is 6.07 Å². The first-order valence-electron chi connectivity index (χ1n) is 6.10. The van der Waals surface area contributed by atoms with Crippen molar-refractivity contribution in [2.75, 3.05) is 0 Å². The molecular formula is C13H16Cl2N4. The summed E-state index contributed by atoms with van der Waals surface area (Å²) in [6, 6.07) is 5.82. The molecule has 1 aromatic heterocycles. The first-order valence-corrected chi connectivity index (χ1v) is 6.86. The van der Waals surface area contributed by atoms with Crippen LogP contribution in [0.4, 0.5) is 0 Å². The van der Waals surface area contributed by atoms with E-state index in [0.29, 0.717) is 29.2 Å². The summed E-state index contributed by atoms with van der Waals surface area (Å²) in [4.78, 5) is 4.25. The molecule has 0 spiro atoms. The van der Waals surface area contributed by atoms with E-state index in [1.54, 1.807) is 23.1 Å². The summed E-state index contributed by atoms with van der Waals surface area (Å²) in [7, 11) is 0. The van der Waals surface area contributed by atoms with Gasteiger partial charge in [-0.15, -0.1) is 0 Å². The molecule has 0 aliphatic carbocycles. The molecule has 1 N–H and O–H groups in total. The molecular weight excluding hydrogens is 283 g/mol. The molecule has 0 aliphatic heterocycles. The Morgan fingerprint density at radius 1 is 1.32 bits per heavy atom. The third kappa shape index (κ3) is 4.20. The van der Waals surface area contributed by atoms with Crippen molar-refractivity contribution in [1.82, 2.24) is 20.1 Å². The maximum Gasteiger partial charge on any atom is 0.164 e. The molecule has 19 heavy (non-hydrogen) atoms. The van der Waals surface area contributed by atoms with Crippen LogP contribution in [0.1, 0.15) is 25.2 Å². The molecule has 0 saturated heterocycles. The van der Waals surface area contributed by atoms with Crippen LogP contribution in [0.15, 0.2) is 24.5 Å². The van der Waals surface area contributed by atoms with Crippen molar-refractivity contribution in [3.8, 4) is 0 Å². The van der Waals surface area contributed by atoms with Gasteiger partial charge in [0.1, 0.15) is 6.33 Å². The van der Waals surface area contributed by atoms with E-state index in [-0.39, 0.29) is 0 Å². The van der Waals surface area contributed by atoms with Gasteiger partial charge in [-0.25, -0.2) is 9.67 Å². The van der Waals surface area contributed by atoms with Crippen molar-refractivity contribution in [3.63, 3.8) is 0 Å². The molecule has 0 fully saturated rings. The Bertz CT molecular complexity index is 551. The summed E-state index contributed by atoms with van der Waals surface area (Å²) >= 11 is 12.1. The van der Waals surface area contributed by atoms with Gasteiger partial charge in [-0.3, -0.25) is 0 Å². The van der Waals surface area contributed by atoms with Gasteiger partial charge in [0.25, 0.3) is 0 Å². The van der Waals surface area contributed by atoms with Crippen molar-refractivity contribution < 1.29 is 0 Å². The average molecular weight is 299 g/mol. The quantitative estimate of drug-likeness (QED) is 0.922. The largest absolute Gasteiger partial charge is 0.308 e. The molecule has 0 aliphatic rings. The standard InChI is InChI=1S/C13H16Cl2N4/c1-9(2)16-6-13-17-8-19(18-13)7-10-5-11(14)3-4-12(10)15/h3-5,8-9,16H,6-7H2,1-2H3. The van der Waals surface area contributed by atoms with E-state index in [1.165, 1.54) is 0 Å². The van der Waals surface area contributed by atoms with Crippen LogP contribution in [0.25, 0.3) is 0 Å². The molecule has 0 saturated carbocycles. The van der Waals surface area contributed by atoms with Gasteiger partial charge in [0.2, 0.25) is 0 Å². The number of nitrogens with zero attached hydrogens (tertiary/aromatic N) is 3. The molecule has 1 heterocycles. The fourth-order valence-corrected chi connectivity index (χ4v) is 2.00. The Morgan fingerprint density at radius 2 is 2.11 bits per heavy atom. The summed E-state index contributed by atoms with van der Waals surface area (Å²) in [5.41, 5.74) is 0.933. The molecule has 0 atom stereocenters. The van der Waals surface area contributed by atoms with E-state index in [4.69, 9.17) is 23.2 Å². The lowest BCUT2D eigenvalue weighted by Crippen LogP contribution is -2.22. The van der Waals surface area contributed by atoms with Gasteiger partial charge < -0.3 is 5.32 Å². The molecule has 6 heteroatoms. The number of rotatable bonds is 5. The molecule has 0 amide bonds. The first-order chi connectivity index (χ1) is 9.04. The first kappa shape index (κ1) is 14.3. The van der Waals surface area contributed by atoms with Gasteiger partial charge in [0, 0.05) is 16.1 Å². The van der Waals surface area contributed by atoms with Crippen LogP contribution in [0.3, 0.4) is 0 Å². The van der Waals surface area contributed by atoms with Gasteiger partial charge in [-0.1, -0.05) is 37.0 Å². The zero-order valence-corrected chi connectivity index (χ0v) is 12.4. The maximum absolute atomic E-state index is 6.12. The van der Waals surface area contributed by atoms with Crippen LogP contribution >= 0.6 is 23.2 Å². The number of aromatic nitrogens is 3. The zero-order chi connectivity index (χ0) is 13.8. The van der Waals surface area contributed by atoms with Gasteiger partial charge in [-0.2, -0.15) is 5.10 Å². The lowest BCUT2D eigenvalue weighted by atomic mass is 10.2. The molecule has 102 valence electrons. The number of halogens is 2. The lowest BCUT2D eigenvalue weighted by Gasteiger charge is -2.05. The monoisotopic (exact) mass is 298 g/mol. The minimum Gasteiger partial charge on any atom is -0.308 e. The SMILES string of the molecule is CC(C)NCc1ncn(Cc2cc(Cl)ccc2Cl)n1. The van der Waals surface area contributed by atoms with Crippen molar-refractivity contribution in [2.24, 2.45) is 0 Å². The second-order valence-corrected chi connectivity index (χ2v) is 5.47. The summed E-state index contributed by atoms with van der Waals surface area (Å²) in [6.07, 6.45) is 1.70. The highest BCUT2D eigenvalue weighted by atomic mass is 35.5. The molecule has 4 nitrogen and oxygen atoms in total. The summed E-state index contributed by atoms with van der Waals surface area (Å²) in [5.74, 6) is 0.770. The van der Waals surface area contributed by atoms with E-state index < -0.39 is 0 Å². The smallest absolute Gasteiger partial charge is 0.164 e. The zero-order valence-electron chi connectivity index (χ0n) is 10.9. The Hall–Kier alpha value is -1.10. The second-order valence-electron chi connectivity index (χ2n) is 4.63. The normalized spacial score (nSPS) is 11.2. The lowest BCUT2D eigenvalue weighted by molar-refractivity contribution is 0.565. The average Bonchev–Trinajstić information content (AvgIpc) is 2.79. The predicted octanol–water partition coefficient (Wildman–Crippen LogP) is 3.13. The molecule has 0 unspecified atom stereocenters. The van der Waals surface area contributed by atoms with Gasteiger partial charge >= 0.3 is 0 Å². The highest BCUT2D eigenvalue weighted by Gasteiger charge is 2.05. The maximum atomic E-state index is 6.12. The van der Waals surface area contributed by atoms with Crippen molar-refractivity contribution in [1.29, 1.82) is 0 Å². The van der Waals surface area contributed by atoms with E-state index >= 15 is 0 Å². The molecule has 1 aromatic carbocycles. The van der Waals surface area contributed by atoms with E-state index in [9.17, 15) is 0 Å². The van der Waals surface area contributed by atoms with Gasteiger partial charge in [0.05, 0.1) is 13.1 Å². The number of hydrogen-bond donors (Lipinski definition) is 1. The minimum atomic E-state index is 0.411. The van der Waals surface area contributed by atoms with Crippen LogP contribution < -0.4 is 5.32 Å². The van der Waals surface area contributed by atoms with Gasteiger partial charge in [-0.05, 0) is 23.8 Å². The molecule has 2 rings (SSSR count). The Kier molecular flexibility index (Phi) is 4.80. The van der Waals surface area contributed by atoms with E-state index in [0.717, 1.165) is 11.4 Å². The van der Waals surface area contributed by atoms with Crippen molar-refractivity contribution in [2.45, 2.75) is 33.0 Å². The highest BCUT2D eigenvalue weighted by Crippen LogP contribution is 2.21. The summed E-state index contributed by atoms with van der Waals surface area (Å²) in [5, 5.41) is 9.01. The van der Waals surface area contributed by atoms with Crippen LogP contribution in [-0.2, 0) is 13.1 Å². The third-order valence-corrected chi connectivity index (χ3v) is 3.20. The topological polar surface area (TPSA) is 42.7 Å². The number of nitrogens with one attached hydrogen (secondary N) is 1. The van der Waals surface area contributed by atoms with Crippen LogP contribution in [0, 0.1) is 0 Å². The minimum absolute atomic E-state index is 0.411. The van der Waals surface area contributed by atoms with Crippen molar-refractivity contribution in [3.05, 3.63) is 46.0 Å². The molecule has 0 bridgehead atoms. The Morgan fingerprint density at radius 3 is 2.84 bits per heavy atom. The summed E-state index contributed by atoms with van der Waals surface area (Å²) in [6.45, 7) is 5.40. The van der Waals surface area contributed by atoms with Crippen LogP contribution in [0.5, 0.6) is 0 Å². The second kappa shape index (κ2) is 6.37. The molecule has 0 radical (unpaired) electrons. The Labute approximate surface area is 122 Å². The predicted molar refractivity (Wildman–Crippen MR) is 77.6 cm³/mol. The number of benzene rings is 1. The van der Waals surface area contributed by atoms with Gasteiger partial charge in [0.15, 0.2) is 5.82 Å². The van der Waals surface area contributed by atoms with Crippen molar-refractivity contribution >= 4 is 23.2 Å². The van der Waals surface area contributed by atoms with Crippen LogP contribution in [0.2, 0.25) is 10.0 Å². The Balaban J connectivity index is 2.05. The molecule has 2 aromatic rings. The fraction of sp³-hybridized carbons (Fsp3) is 0.385. The van der Waals surface area contributed by atoms with E-state index in [2.05, 4.69) is 29.2 Å². The summed E-state index contributed by atoms with van der Waals surface area (Å²) < 4.78 is 1.76. The highest BCUT2D eigenvalue weighted by molar-refractivity contribution is 6.33.